The van der Waals surface area contributed by atoms with Crippen LogP contribution in [0.2, 0.25) is 25.7 Å². The van der Waals surface area contributed by atoms with Gasteiger partial charge < -0.3 is 18.9 Å². The van der Waals surface area contributed by atoms with Crippen molar-refractivity contribution in [3.63, 3.8) is 0 Å². The predicted molar refractivity (Wildman–Crippen MR) is 121 cm³/mol. The lowest BCUT2D eigenvalue weighted by molar-refractivity contribution is 0.0224. The molecule has 1 aromatic carbocycles. The molecule has 3 aromatic rings. The summed E-state index contributed by atoms with van der Waals surface area (Å²) in [5.74, 6) is 0. The van der Waals surface area contributed by atoms with Crippen LogP contribution >= 0.6 is 0 Å². The summed E-state index contributed by atoms with van der Waals surface area (Å²) in [6.07, 6.45) is 4.32. The third-order valence-electron chi connectivity index (χ3n) is 5.36. The van der Waals surface area contributed by atoms with Crippen molar-refractivity contribution in [3.05, 3.63) is 60.4 Å². The molecule has 1 aliphatic rings. The molecule has 29 heavy (non-hydrogen) atoms. The Morgan fingerprint density at radius 3 is 2.66 bits per heavy atom. The first-order valence-corrected chi connectivity index (χ1v) is 14.1. The van der Waals surface area contributed by atoms with Crippen molar-refractivity contribution >= 4 is 24.8 Å². The number of benzene rings is 1. The highest BCUT2D eigenvalue weighted by molar-refractivity contribution is 6.76. The molecule has 154 valence electrons. The first kappa shape index (κ1) is 20.1. The second-order valence-electron chi connectivity index (χ2n) is 9.06. The minimum absolute atomic E-state index is 0.287. The highest BCUT2D eigenvalue weighted by Crippen LogP contribution is 2.26. The fourth-order valence-electron chi connectivity index (χ4n) is 3.43. The highest BCUT2D eigenvalue weighted by Gasteiger charge is 2.28. The van der Waals surface area contributed by atoms with Crippen LogP contribution in [0.1, 0.15) is 5.56 Å². The predicted octanol–water partition coefficient (Wildman–Crippen LogP) is 4.75. The van der Waals surface area contributed by atoms with Gasteiger partial charge in [-0.15, -0.1) is 0 Å². The zero-order chi connectivity index (χ0) is 20.3. The van der Waals surface area contributed by atoms with Crippen LogP contribution in [0.15, 0.2) is 54.9 Å². The second kappa shape index (κ2) is 8.69. The van der Waals surface area contributed by atoms with Gasteiger partial charge in [0, 0.05) is 39.4 Å². The first-order chi connectivity index (χ1) is 14.0. The molecule has 2 aromatic heterocycles. The summed E-state index contributed by atoms with van der Waals surface area (Å²) >= 11 is 0. The Hall–Kier alpha value is -2.15. The van der Waals surface area contributed by atoms with Crippen LogP contribution in [0.25, 0.3) is 11.0 Å². The lowest BCUT2D eigenvalue weighted by Gasteiger charge is -2.40. The average Bonchev–Trinajstić information content (AvgIpc) is 3.06. The van der Waals surface area contributed by atoms with Crippen molar-refractivity contribution in [1.82, 2.24) is 9.55 Å². The van der Waals surface area contributed by atoms with Gasteiger partial charge in [0.1, 0.15) is 12.4 Å². The van der Waals surface area contributed by atoms with Gasteiger partial charge in [-0.05, 0) is 23.7 Å². The second-order valence-corrected chi connectivity index (χ2v) is 14.7. The molecule has 0 radical (unpaired) electrons. The van der Waals surface area contributed by atoms with E-state index in [1.165, 1.54) is 11.6 Å². The Bertz CT molecular complexity index is 930. The Morgan fingerprint density at radius 1 is 1.10 bits per heavy atom. The molecule has 0 unspecified atom stereocenters. The van der Waals surface area contributed by atoms with Crippen molar-refractivity contribution in [2.24, 2.45) is 0 Å². The minimum Gasteiger partial charge on any atom is -0.370 e. The highest BCUT2D eigenvalue weighted by atomic mass is 28.3. The van der Waals surface area contributed by atoms with Gasteiger partial charge in [0.2, 0.25) is 0 Å². The standard InChI is InChI=1S/C23H31N3O2Si/c1-29(2,3)12-11-27-18-25-10-9-20-13-21(14-24-23(20)25)26-15-22(16-26)28-17-19-7-5-4-6-8-19/h4-10,13-14,22H,11-12,15-18H2,1-3H3. The molecule has 1 saturated heterocycles. The lowest BCUT2D eigenvalue weighted by Crippen LogP contribution is -2.52. The summed E-state index contributed by atoms with van der Waals surface area (Å²) in [6.45, 7) is 11.0. The van der Waals surface area contributed by atoms with Crippen molar-refractivity contribution in [2.75, 3.05) is 24.6 Å². The molecule has 3 heterocycles. The average molecular weight is 410 g/mol. The van der Waals surface area contributed by atoms with Crippen molar-refractivity contribution in [3.8, 4) is 0 Å². The van der Waals surface area contributed by atoms with Gasteiger partial charge in [0.25, 0.3) is 0 Å². The molecule has 0 bridgehead atoms. The van der Waals surface area contributed by atoms with Crippen LogP contribution in [-0.4, -0.2) is 43.4 Å². The summed E-state index contributed by atoms with van der Waals surface area (Å²) in [4.78, 5) is 7.02. The number of nitrogens with zero attached hydrogens (tertiary/aromatic N) is 3. The molecular formula is C23H31N3O2Si. The molecule has 0 aliphatic carbocycles. The third kappa shape index (κ3) is 5.26. The van der Waals surface area contributed by atoms with E-state index in [0.29, 0.717) is 13.3 Å². The molecule has 6 heteroatoms. The Kier molecular flexibility index (Phi) is 6.03. The molecule has 0 atom stereocenters. The molecule has 1 aliphatic heterocycles. The normalized spacial score (nSPS) is 15.1. The number of fused-ring (bicyclic) bond motifs is 1. The molecule has 4 rings (SSSR count). The number of hydrogen-bond acceptors (Lipinski definition) is 4. The van der Waals surface area contributed by atoms with Crippen LogP contribution < -0.4 is 4.90 Å². The number of ether oxygens (including phenoxy) is 2. The minimum atomic E-state index is -1.05. The quantitative estimate of drug-likeness (QED) is 0.377. The van der Waals surface area contributed by atoms with E-state index < -0.39 is 8.07 Å². The molecule has 0 amide bonds. The van der Waals surface area contributed by atoms with Crippen molar-refractivity contribution in [1.29, 1.82) is 0 Å². The zero-order valence-corrected chi connectivity index (χ0v) is 18.7. The SMILES string of the molecule is C[Si](C)(C)CCOCn1ccc2cc(N3CC(OCc4ccccc4)C3)cnc21. The van der Waals surface area contributed by atoms with Crippen LogP contribution in [-0.2, 0) is 22.8 Å². The van der Waals surface area contributed by atoms with Gasteiger partial charge in [-0.25, -0.2) is 4.98 Å². The summed E-state index contributed by atoms with van der Waals surface area (Å²) in [5, 5.41) is 1.16. The van der Waals surface area contributed by atoms with E-state index in [4.69, 9.17) is 14.5 Å². The zero-order valence-electron chi connectivity index (χ0n) is 17.7. The van der Waals surface area contributed by atoms with E-state index >= 15 is 0 Å². The fraction of sp³-hybridized carbons (Fsp3) is 0.435. The molecule has 1 fully saturated rings. The van der Waals surface area contributed by atoms with Crippen molar-refractivity contribution < 1.29 is 9.47 Å². The molecular weight excluding hydrogens is 378 g/mol. The topological polar surface area (TPSA) is 39.5 Å². The van der Waals surface area contributed by atoms with Crippen molar-refractivity contribution in [2.45, 2.75) is 45.1 Å². The summed E-state index contributed by atoms with van der Waals surface area (Å²) in [5.41, 5.74) is 3.37. The van der Waals surface area contributed by atoms with E-state index in [2.05, 4.69) is 71.7 Å². The fourth-order valence-corrected chi connectivity index (χ4v) is 4.18. The maximum absolute atomic E-state index is 6.01. The number of aromatic nitrogens is 2. The van der Waals surface area contributed by atoms with Crippen LogP contribution in [0, 0.1) is 0 Å². The Morgan fingerprint density at radius 2 is 1.90 bits per heavy atom. The van der Waals surface area contributed by atoms with E-state index in [9.17, 15) is 0 Å². The van der Waals surface area contributed by atoms with Crippen LogP contribution in [0.5, 0.6) is 0 Å². The van der Waals surface area contributed by atoms with E-state index in [1.807, 2.05) is 12.3 Å². The Balaban J connectivity index is 1.28. The van der Waals surface area contributed by atoms with Crippen LogP contribution in [0.3, 0.4) is 0 Å². The number of hydrogen-bond donors (Lipinski definition) is 0. The Labute approximate surface area is 174 Å². The lowest BCUT2D eigenvalue weighted by atomic mass is 10.1. The van der Waals surface area contributed by atoms with Gasteiger partial charge in [-0.3, -0.25) is 0 Å². The maximum Gasteiger partial charge on any atom is 0.141 e. The van der Waals surface area contributed by atoms with E-state index in [0.717, 1.165) is 36.4 Å². The van der Waals surface area contributed by atoms with E-state index in [-0.39, 0.29) is 6.10 Å². The van der Waals surface area contributed by atoms with Gasteiger partial charge in [-0.2, -0.15) is 0 Å². The molecule has 0 N–H and O–H groups in total. The molecule has 5 nitrogen and oxygen atoms in total. The largest absolute Gasteiger partial charge is 0.370 e. The molecule has 0 saturated carbocycles. The number of anilines is 1. The van der Waals surface area contributed by atoms with Crippen LogP contribution in [0.4, 0.5) is 5.69 Å². The maximum atomic E-state index is 6.01. The van der Waals surface area contributed by atoms with E-state index in [1.54, 1.807) is 0 Å². The smallest absolute Gasteiger partial charge is 0.141 e. The van der Waals surface area contributed by atoms with Gasteiger partial charge in [0.15, 0.2) is 0 Å². The first-order valence-electron chi connectivity index (χ1n) is 10.4. The summed E-state index contributed by atoms with van der Waals surface area (Å²) < 4.78 is 14.0. The van der Waals surface area contributed by atoms with Gasteiger partial charge in [-0.1, -0.05) is 50.0 Å². The number of rotatable bonds is 9. The van der Waals surface area contributed by atoms with Gasteiger partial charge >= 0.3 is 0 Å². The summed E-state index contributed by atoms with van der Waals surface area (Å²) in [6, 6.07) is 15.9. The third-order valence-corrected chi connectivity index (χ3v) is 7.06. The van der Waals surface area contributed by atoms with Gasteiger partial charge in [0.05, 0.1) is 24.6 Å². The molecule has 0 spiro atoms. The summed E-state index contributed by atoms with van der Waals surface area (Å²) in [7, 11) is -1.05. The monoisotopic (exact) mass is 409 g/mol. The number of pyridine rings is 1.